The highest BCUT2D eigenvalue weighted by molar-refractivity contribution is 7.91. The minimum atomic E-state index is -4.87. The molecule has 0 spiro atoms. The van der Waals surface area contributed by atoms with Crippen LogP contribution in [0.4, 0.5) is 18.0 Å². The van der Waals surface area contributed by atoms with Crippen molar-refractivity contribution in [2.45, 2.75) is 125 Å². The highest BCUT2D eigenvalue weighted by Crippen LogP contribution is 2.48. The molecule has 2 aliphatic carbocycles. The number of carbonyl (C=O) groups excluding carboxylic acids is 3. The molecule has 3 N–H and O–H groups in total. The van der Waals surface area contributed by atoms with Gasteiger partial charge in [-0.3, -0.25) is 14.3 Å². The number of sulfonamides is 1. The topological polar surface area (TPSA) is 184 Å². The molecule has 2 aromatic rings. The molecule has 59 heavy (non-hydrogen) atoms. The summed E-state index contributed by atoms with van der Waals surface area (Å²) in [6, 6.07) is 4.70. The van der Waals surface area contributed by atoms with Crippen LogP contribution in [0.15, 0.2) is 48.2 Å². The molecule has 19 heteroatoms. The summed E-state index contributed by atoms with van der Waals surface area (Å²) in [6.07, 6.45) is -0.573. The van der Waals surface area contributed by atoms with Crippen LogP contribution in [0.5, 0.6) is 17.4 Å². The lowest BCUT2D eigenvalue weighted by molar-refractivity contribution is -0.244. The Bertz CT molecular complexity index is 2170. The van der Waals surface area contributed by atoms with Crippen LogP contribution in [0.3, 0.4) is 0 Å². The van der Waals surface area contributed by atoms with Gasteiger partial charge in [0, 0.05) is 35.6 Å². The lowest BCUT2D eigenvalue weighted by atomic mass is 9.96. The van der Waals surface area contributed by atoms with E-state index in [-0.39, 0.29) is 25.3 Å². The molecule has 3 fully saturated rings. The van der Waals surface area contributed by atoms with Crippen LogP contribution in [0.2, 0.25) is 0 Å². The van der Waals surface area contributed by atoms with Crippen molar-refractivity contribution in [3.05, 3.63) is 48.2 Å². The third-order valence-electron chi connectivity index (χ3n) is 12.0. The average Bonchev–Trinajstić information content (AvgIpc) is 4.05. The summed E-state index contributed by atoms with van der Waals surface area (Å²) in [5.74, 6) is -0.780. The summed E-state index contributed by atoms with van der Waals surface area (Å²) < 4.78 is 97.9. The maximum absolute atomic E-state index is 14.7. The fraction of sp³-hybridized carbons (Fsp3) is 0.600. The molecule has 15 nitrogen and oxygen atoms in total. The second-order valence-corrected chi connectivity index (χ2v) is 18.8. The van der Waals surface area contributed by atoms with Gasteiger partial charge >= 0.3 is 12.3 Å². The van der Waals surface area contributed by atoms with E-state index < -0.39 is 86.3 Å². The SMILES string of the molecule is CC[C@@H]1O[C@@H]2C=C([C@H]1NC(=O)OC(C)(C)C(F)(F)F)N1C[C@H](Oc3cc(OC)nc4cc(OC)ccc34)C[C@H]1C(=O)N[C@]1(C(=O)NS(=O)(=O)C3(C)CC3)C[C@H]1/C=C\CC2. The van der Waals surface area contributed by atoms with Crippen molar-refractivity contribution in [3.8, 4) is 17.4 Å². The molecule has 1 saturated heterocycles. The van der Waals surface area contributed by atoms with Gasteiger partial charge in [0.2, 0.25) is 27.4 Å². The molecule has 4 heterocycles. The first-order chi connectivity index (χ1) is 27.7. The van der Waals surface area contributed by atoms with Crippen LogP contribution in [0.1, 0.15) is 72.6 Å². The van der Waals surface area contributed by atoms with Gasteiger partial charge in [0.25, 0.3) is 5.91 Å². The normalized spacial score (nSPS) is 29.5. The zero-order valence-corrected chi connectivity index (χ0v) is 34.5. The van der Waals surface area contributed by atoms with Gasteiger partial charge in [0.1, 0.15) is 29.2 Å². The Balaban J connectivity index is 1.26. The maximum Gasteiger partial charge on any atom is 0.427 e. The standard InChI is InChI=1S/C40H50F3N5O10S/c1-7-30-33(45-36(51)58-37(2,3)40(41,42)43)28-17-24(56-30)11-9-8-10-22-20-39(22,35(50)47-59(52,53)38(4)14-15-38)46-34(49)29-18-25(21-48(28)29)57-31-19-32(55-6)44-27-16-23(54-5)12-13-26(27)31/h8,10,12-13,16-17,19,22,24-25,29-30,33H,7,9,11,14-15,18,20-21H2,1-6H3,(H,45,51)(H,46,49)(H,47,50)/b10-8-/t22-,24+,25-,29+,30+,33-,39-/m1/s1. The number of fused-ring (bicyclic) bond motifs is 5. The van der Waals surface area contributed by atoms with Crippen molar-refractivity contribution >= 4 is 38.8 Å². The molecule has 2 bridgehead atoms. The van der Waals surface area contributed by atoms with Gasteiger partial charge in [-0.2, -0.15) is 13.2 Å². The van der Waals surface area contributed by atoms with Crippen LogP contribution in [0.25, 0.3) is 10.9 Å². The van der Waals surface area contributed by atoms with Gasteiger partial charge in [-0.1, -0.05) is 19.1 Å². The number of nitrogens with zero attached hydrogens (tertiary/aromatic N) is 2. The molecule has 5 aliphatic rings. The molecule has 2 saturated carbocycles. The van der Waals surface area contributed by atoms with E-state index in [0.717, 1.165) is 13.8 Å². The maximum atomic E-state index is 14.7. The van der Waals surface area contributed by atoms with Crippen LogP contribution < -0.4 is 29.6 Å². The third-order valence-corrected chi connectivity index (χ3v) is 14.2. The number of pyridine rings is 1. The summed E-state index contributed by atoms with van der Waals surface area (Å²) in [6.45, 7) is 4.90. The molecular formula is C40H50F3N5O10S. The lowest BCUT2D eigenvalue weighted by Crippen LogP contribution is -2.59. The minimum Gasteiger partial charge on any atom is -0.497 e. The van der Waals surface area contributed by atoms with Crippen LogP contribution in [-0.2, 0) is 29.1 Å². The van der Waals surface area contributed by atoms with Crippen molar-refractivity contribution in [3.63, 3.8) is 0 Å². The van der Waals surface area contributed by atoms with Crippen molar-refractivity contribution in [1.29, 1.82) is 0 Å². The Morgan fingerprint density at radius 3 is 2.54 bits per heavy atom. The summed E-state index contributed by atoms with van der Waals surface area (Å²) in [7, 11) is -1.07. The van der Waals surface area contributed by atoms with Gasteiger partial charge in [-0.15, -0.1) is 0 Å². The van der Waals surface area contributed by atoms with Crippen molar-refractivity contribution in [2.75, 3.05) is 20.8 Å². The number of nitrogens with one attached hydrogen (secondary N) is 3. The van der Waals surface area contributed by atoms with Gasteiger partial charge in [0.15, 0.2) is 0 Å². The fourth-order valence-electron chi connectivity index (χ4n) is 7.86. The number of methoxy groups -OCH3 is 2. The number of allylic oxidation sites excluding steroid dienone is 1. The Morgan fingerprint density at radius 2 is 1.88 bits per heavy atom. The second kappa shape index (κ2) is 15.4. The van der Waals surface area contributed by atoms with E-state index in [2.05, 4.69) is 20.3 Å². The zero-order valence-electron chi connectivity index (χ0n) is 33.7. The smallest absolute Gasteiger partial charge is 0.427 e. The molecule has 7 rings (SSSR count). The van der Waals surface area contributed by atoms with Crippen LogP contribution in [0, 0.1) is 5.92 Å². The number of amides is 3. The largest absolute Gasteiger partial charge is 0.497 e. The van der Waals surface area contributed by atoms with Gasteiger partial charge in [0.05, 0.1) is 49.3 Å². The monoisotopic (exact) mass is 849 g/mol. The number of benzene rings is 1. The van der Waals surface area contributed by atoms with E-state index in [4.69, 9.17) is 23.7 Å². The first kappa shape index (κ1) is 42.3. The number of alkyl carbamates (subject to hydrolysis) is 1. The number of carbonyl (C=O) groups is 3. The number of rotatable bonds is 10. The van der Waals surface area contributed by atoms with E-state index >= 15 is 0 Å². The second-order valence-electron chi connectivity index (χ2n) is 16.6. The minimum absolute atomic E-state index is 0.0423. The molecule has 322 valence electrons. The quantitative estimate of drug-likeness (QED) is 0.279. The summed E-state index contributed by atoms with van der Waals surface area (Å²) in [5.41, 5.74) is -3.50. The van der Waals surface area contributed by atoms with Gasteiger partial charge < -0.3 is 39.2 Å². The molecule has 0 radical (unpaired) electrons. The van der Waals surface area contributed by atoms with Crippen LogP contribution >= 0.6 is 0 Å². The van der Waals surface area contributed by atoms with Crippen LogP contribution in [-0.4, -0.2) is 109 Å². The predicted octanol–water partition coefficient (Wildman–Crippen LogP) is 4.79. The third kappa shape index (κ3) is 8.23. The van der Waals surface area contributed by atoms with Crippen molar-refractivity contribution < 1.29 is 59.7 Å². The first-order valence-electron chi connectivity index (χ1n) is 19.7. The van der Waals surface area contributed by atoms with E-state index in [1.54, 1.807) is 55.2 Å². The van der Waals surface area contributed by atoms with E-state index in [1.165, 1.54) is 14.2 Å². The number of hydrogen-bond acceptors (Lipinski definition) is 12. The number of hydrogen-bond donors (Lipinski definition) is 3. The number of halogens is 3. The molecule has 1 aromatic heterocycles. The van der Waals surface area contributed by atoms with Gasteiger partial charge in [-0.05, 0) is 77.5 Å². The summed E-state index contributed by atoms with van der Waals surface area (Å²) in [4.78, 5) is 48.2. The Labute approximate surface area is 340 Å². The lowest BCUT2D eigenvalue weighted by Gasteiger charge is -2.42. The number of alkyl halides is 3. The average molecular weight is 850 g/mol. The highest BCUT2D eigenvalue weighted by atomic mass is 32.2. The summed E-state index contributed by atoms with van der Waals surface area (Å²) in [5, 5.41) is 6.14. The Morgan fingerprint density at radius 1 is 1.14 bits per heavy atom. The zero-order chi connectivity index (χ0) is 42.7. The fourth-order valence-corrected chi connectivity index (χ4v) is 9.18. The highest BCUT2D eigenvalue weighted by Gasteiger charge is 2.63. The first-order valence-corrected chi connectivity index (χ1v) is 21.2. The van der Waals surface area contributed by atoms with Gasteiger partial charge in [-0.25, -0.2) is 18.2 Å². The molecule has 3 amide bonds. The molecular weight excluding hydrogens is 800 g/mol. The molecule has 1 aromatic carbocycles. The molecule has 3 aliphatic heterocycles. The van der Waals surface area contributed by atoms with E-state index in [9.17, 15) is 36.0 Å². The van der Waals surface area contributed by atoms with E-state index in [1.807, 2.05) is 6.08 Å². The van der Waals surface area contributed by atoms with Crippen molar-refractivity contribution in [2.24, 2.45) is 5.92 Å². The van der Waals surface area contributed by atoms with E-state index in [0.29, 0.717) is 60.2 Å². The molecule has 7 atom stereocenters. The Kier molecular flexibility index (Phi) is 11.0. The number of aromatic nitrogens is 1. The predicted molar refractivity (Wildman–Crippen MR) is 207 cm³/mol. The number of ether oxygens (including phenoxy) is 5. The Hall–Kier alpha value is -4.78. The van der Waals surface area contributed by atoms with Crippen molar-refractivity contribution in [1.82, 2.24) is 25.2 Å². The molecule has 0 unspecified atom stereocenters. The summed E-state index contributed by atoms with van der Waals surface area (Å²) >= 11 is 0.